The van der Waals surface area contributed by atoms with Crippen LogP contribution in [0.2, 0.25) is 0 Å². The van der Waals surface area contributed by atoms with Gasteiger partial charge in [-0.3, -0.25) is 0 Å². The number of benzene rings is 1. The summed E-state index contributed by atoms with van der Waals surface area (Å²) in [7, 11) is 0. The van der Waals surface area contributed by atoms with E-state index in [9.17, 15) is 4.79 Å². The zero-order chi connectivity index (χ0) is 10.7. The number of primary amides is 1. The average molecular weight is 202 g/mol. The maximum atomic E-state index is 10.7. The van der Waals surface area contributed by atoms with Crippen molar-refractivity contribution in [2.24, 2.45) is 5.73 Å². The van der Waals surface area contributed by atoms with Gasteiger partial charge in [0.05, 0.1) is 18.2 Å². The lowest BCUT2D eigenvalue weighted by Crippen LogP contribution is -2.19. The standard InChI is InChI=1S/C10H10N4O/c11-10(15)14-8-3-1-2-7(4-8)9-5-12-6-13-9/h1-6H,(H,12,13)(H3,11,14,15). The molecule has 76 valence electrons. The highest BCUT2D eigenvalue weighted by molar-refractivity contribution is 5.88. The number of aromatic amines is 1. The number of nitrogens with two attached hydrogens (primary N) is 1. The molecule has 0 saturated carbocycles. The van der Waals surface area contributed by atoms with Crippen LogP contribution in [0.25, 0.3) is 11.3 Å². The normalized spacial score (nSPS) is 9.87. The number of carbonyl (C=O) groups is 1. The van der Waals surface area contributed by atoms with Crippen LogP contribution in [-0.2, 0) is 0 Å². The monoisotopic (exact) mass is 202 g/mol. The van der Waals surface area contributed by atoms with Crippen molar-refractivity contribution in [2.45, 2.75) is 0 Å². The number of urea groups is 1. The first kappa shape index (κ1) is 9.26. The van der Waals surface area contributed by atoms with Gasteiger partial charge in [0.25, 0.3) is 0 Å². The topological polar surface area (TPSA) is 83.8 Å². The number of hydrogen-bond acceptors (Lipinski definition) is 2. The summed E-state index contributed by atoms with van der Waals surface area (Å²) in [6.45, 7) is 0. The Kier molecular flexibility index (Phi) is 2.37. The predicted octanol–water partition coefficient (Wildman–Crippen LogP) is 1.57. The lowest BCUT2D eigenvalue weighted by atomic mass is 10.1. The van der Waals surface area contributed by atoms with Crippen LogP contribution in [0.1, 0.15) is 0 Å². The van der Waals surface area contributed by atoms with Gasteiger partial charge in [0.15, 0.2) is 0 Å². The van der Waals surface area contributed by atoms with Crippen molar-refractivity contribution in [1.82, 2.24) is 9.97 Å². The number of nitrogens with zero attached hydrogens (tertiary/aromatic N) is 1. The second kappa shape index (κ2) is 3.83. The number of imidazole rings is 1. The molecule has 1 heterocycles. The summed E-state index contributed by atoms with van der Waals surface area (Å²) in [6, 6.07) is 6.76. The van der Waals surface area contributed by atoms with Gasteiger partial charge in [0.1, 0.15) is 0 Å². The molecule has 2 amide bonds. The first-order valence-electron chi connectivity index (χ1n) is 4.41. The third-order valence-corrected chi connectivity index (χ3v) is 1.94. The first-order chi connectivity index (χ1) is 7.25. The van der Waals surface area contributed by atoms with Gasteiger partial charge in [-0.05, 0) is 12.1 Å². The van der Waals surface area contributed by atoms with E-state index in [4.69, 9.17) is 5.73 Å². The van der Waals surface area contributed by atoms with Gasteiger partial charge in [-0.2, -0.15) is 0 Å². The Hall–Kier alpha value is -2.30. The summed E-state index contributed by atoms with van der Waals surface area (Å²) < 4.78 is 0. The molecule has 2 aromatic rings. The number of aromatic nitrogens is 2. The van der Waals surface area contributed by atoms with Crippen LogP contribution in [0, 0.1) is 0 Å². The summed E-state index contributed by atoms with van der Waals surface area (Å²) in [4.78, 5) is 17.6. The molecule has 4 N–H and O–H groups in total. The van der Waals surface area contributed by atoms with Crippen molar-refractivity contribution in [3.8, 4) is 11.3 Å². The minimum Gasteiger partial charge on any atom is -0.351 e. The molecule has 5 heteroatoms. The van der Waals surface area contributed by atoms with E-state index in [1.54, 1.807) is 18.6 Å². The number of carbonyl (C=O) groups excluding carboxylic acids is 1. The SMILES string of the molecule is NC(=O)Nc1cccc(-c2cnc[nH]2)c1. The summed E-state index contributed by atoms with van der Waals surface area (Å²) in [5.41, 5.74) is 7.52. The largest absolute Gasteiger partial charge is 0.351 e. The second-order valence-electron chi connectivity index (χ2n) is 3.04. The van der Waals surface area contributed by atoms with Crippen molar-refractivity contribution in [3.63, 3.8) is 0 Å². The first-order valence-corrected chi connectivity index (χ1v) is 4.41. The van der Waals surface area contributed by atoms with Crippen LogP contribution < -0.4 is 11.1 Å². The average Bonchev–Trinajstić information content (AvgIpc) is 2.69. The third-order valence-electron chi connectivity index (χ3n) is 1.94. The van der Waals surface area contributed by atoms with E-state index in [-0.39, 0.29) is 0 Å². The van der Waals surface area contributed by atoms with E-state index in [2.05, 4.69) is 15.3 Å². The minimum absolute atomic E-state index is 0.572. The van der Waals surface area contributed by atoms with Gasteiger partial charge in [-0.25, -0.2) is 9.78 Å². The number of anilines is 1. The Bertz CT molecular complexity index is 464. The Morgan fingerprint density at radius 3 is 3.00 bits per heavy atom. The maximum Gasteiger partial charge on any atom is 0.316 e. The molecule has 0 saturated heterocycles. The van der Waals surface area contributed by atoms with Crippen LogP contribution in [0.5, 0.6) is 0 Å². The molecule has 1 aromatic heterocycles. The quantitative estimate of drug-likeness (QED) is 0.690. The predicted molar refractivity (Wildman–Crippen MR) is 57.2 cm³/mol. The molecule has 0 aliphatic carbocycles. The van der Waals surface area contributed by atoms with E-state index in [0.717, 1.165) is 11.3 Å². The fourth-order valence-electron chi connectivity index (χ4n) is 1.32. The Morgan fingerprint density at radius 2 is 2.33 bits per heavy atom. The molecule has 0 aliphatic rings. The number of hydrogen-bond donors (Lipinski definition) is 3. The van der Waals surface area contributed by atoms with Crippen molar-refractivity contribution in [3.05, 3.63) is 36.8 Å². The van der Waals surface area contributed by atoms with E-state index in [1.807, 2.05) is 18.2 Å². The van der Waals surface area contributed by atoms with Crippen LogP contribution in [0.4, 0.5) is 10.5 Å². The van der Waals surface area contributed by atoms with Crippen molar-refractivity contribution >= 4 is 11.7 Å². The summed E-state index contributed by atoms with van der Waals surface area (Å²) >= 11 is 0. The molecular formula is C10H10N4O. The third kappa shape index (κ3) is 2.14. The van der Waals surface area contributed by atoms with E-state index < -0.39 is 6.03 Å². The molecule has 0 aliphatic heterocycles. The van der Waals surface area contributed by atoms with Gasteiger partial charge in [-0.15, -0.1) is 0 Å². The molecular weight excluding hydrogens is 192 g/mol. The highest BCUT2D eigenvalue weighted by Crippen LogP contribution is 2.19. The van der Waals surface area contributed by atoms with Crippen LogP contribution in [0.3, 0.4) is 0 Å². The molecule has 1 aromatic carbocycles. The number of rotatable bonds is 2. The highest BCUT2D eigenvalue weighted by atomic mass is 16.2. The van der Waals surface area contributed by atoms with Gasteiger partial charge < -0.3 is 16.0 Å². The number of amides is 2. The molecule has 0 atom stereocenters. The zero-order valence-electron chi connectivity index (χ0n) is 7.90. The fourth-order valence-corrected chi connectivity index (χ4v) is 1.32. The van der Waals surface area contributed by atoms with E-state index in [1.165, 1.54) is 0 Å². The molecule has 0 unspecified atom stereocenters. The molecule has 2 rings (SSSR count). The lowest BCUT2D eigenvalue weighted by molar-refractivity contribution is 0.259. The van der Waals surface area contributed by atoms with E-state index >= 15 is 0 Å². The lowest BCUT2D eigenvalue weighted by Gasteiger charge is -2.03. The number of nitrogens with one attached hydrogen (secondary N) is 2. The van der Waals surface area contributed by atoms with Gasteiger partial charge in [-0.1, -0.05) is 12.1 Å². The fraction of sp³-hybridized carbons (Fsp3) is 0. The van der Waals surface area contributed by atoms with Gasteiger partial charge in [0.2, 0.25) is 0 Å². The molecule has 0 bridgehead atoms. The number of H-pyrrole nitrogens is 1. The Balaban J connectivity index is 2.31. The van der Waals surface area contributed by atoms with Gasteiger partial charge >= 0.3 is 6.03 Å². The van der Waals surface area contributed by atoms with E-state index in [0.29, 0.717) is 5.69 Å². The molecule has 0 fully saturated rings. The van der Waals surface area contributed by atoms with Crippen molar-refractivity contribution < 1.29 is 4.79 Å². The molecule has 15 heavy (non-hydrogen) atoms. The van der Waals surface area contributed by atoms with Crippen LogP contribution in [-0.4, -0.2) is 16.0 Å². The van der Waals surface area contributed by atoms with Crippen molar-refractivity contribution in [1.29, 1.82) is 0 Å². The van der Waals surface area contributed by atoms with Crippen molar-refractivity contribution in [2.75, 3.05) is 5.32 Å². The summed E-state index contributed by atoms with van der Waals surface area (Å²) in [5, 5.41) is 2.51. The smallest absolute Gasteiger partial charge is 0.316 e. The molecule has 0 spiro atoms. The van der Waals surface area contributed by atoms with Crippen LogP contribution >= 0.6 is 0 Å². The highest BCUT2D eigenvalue weighted by Gasteiger charge is 2.01. The zero-order valence-corrected chi connectivity index (χ0v) is 7.90. The molecule has 5 nitrogen and oxygen atoms in total. The maximum absolute atomic E-state index is 10.7. The summed E-state index contributed by atoms with van der Waals surface area (Å²) in [6.07, 6.45) is 3.31. The summed E-state index contributed by atoms with van der Waals surface area (Å²) in [5.74, 6) is 0. The Morgan fingerprint density at radius 1 is 1.47 bits per heavy atom. The minimum atomic E-state index is -0.572. The second-order valence-corrected chi connectivity index (χ2v) is 3.04. The van der Waals surface area contributed by atoms with Gasteiger partial charge in [0, 0.05) is 11.3 Å². The molecule has 0 radical (unpaired) electrons. The van der Waals surface area contributed by atoms with Crippen LogP contribution in [0.15, 0.2) is 36.8 Å². The Labute approximate surface area is 86.3 Å².